The Kier molecular flexibility index (Phi) is 4.24. The summed E-state index contributed by atoms with van der Waals surface area (Å²) in [5.74, 6) is 3.32. The summed E-state index contributed by atoms with van der Waals surface area (Å²) in [7, 11) is 0. The van der Waals surface area contributed by atoms with Crippen molar-refractivity contribution in [1.82, 2.24) is 0 Å². The topological polar surface area (TPSA) is 44.5 Å². The van der Waals surface area contributed by atoms with Crippen LogP contribution in [-0.2, 0) is 11.3 Å². The Morgan fingerprint density at radius 2 is 2.40 bits per heavy atom. The lowest BCUT2D eigenvalue weighted by Gasteiger charge is -2.37. The maximum Gasteiger partial charge on any atom is 0.122 e. The average molecular weight is 293 g/mol. The molecule has 2 aliphatic rings. The molecular formula is C16H23NO2S. The van der Waals surface area contributed by atoms with E-state index in [1.165, 1.54) is 17.7 Å². The second-order valence-electron chi connectivity index (χ2n) is 5.87. The lowest BCUT2D eigenvalue weighted by molar-refractivity contribution is -0.0960. The van der Waals surface area contributed by atoms with E-state index >= 15 is 0 Å². The van der Waals surface area contributed by atoms with Gasteiger partial charge in [-0.3, -0.25) is 0 Å². The van der Waals surface area contributed by atoms with Crippen LogP contribution >= 0.6 is 11.8 Å². The average Bonchev–Trinajstić information content (AvgIpc) is 2.89. The first-order chi connectivity index (χ1) is 9.71. The van der Waals surface area contributed by atoms with Gasteiger partial charge in [0.1, 0.15) is 11.9 Å². The summed E-state index contributed by atoms with van der Waals surface area (Å²) in [6.07, 6.45) is 3.44. The highest BCUT2D eigenvalue weighted by molar-refractivity contribution is 7.99. The molecule has 3 rings (SSSR count). The molecule has 0 bridgehead atoms. The highest BCUT2D eigenvalue weighted by Crippen LogP contribution is 2.39. The molecule has 1 aromatic rings. The van der Waals surface area contributed by atoms with Crippen LogP contribution in [0.25, 0.3) is 0 Å². The summed E-state index contributed by atoms with van der Waals surface area (Å²) in [5.41, 5.74) is 8.11. The van der Waals surface area contributed by atoms with Crippen molar-refractivity contribution >= 4 is 11.8 Å². The fourth-order valence-electron chi connectivity index (χ4n) is 3.02. The van der Waals surface area contributed by atoms with Crippen molar-refractivity contribution in [1.29, 1.82) is 0 Å². The van der Waals surface area contributed by atoms with Gasteiger partial charge < -0.3 is 15.2 Å². The van der Waals surface area contributed by atoms with Crippen molar-refractivity contribution in [2.24, 2.45) is 5.73 Å². The molecule has 110 valence electrons. The Morgan fingerprint density at radius 1 is 1.50 bits per heavy atom. The van der Waals surface area contributed by atoms with E-state index < -0.39 is 0 Å². The van der Waals surface area contributed by atoms with Crippen molar-refractivity contribution in [3.63, 3.8) is 0 Å². The summed E-state index contributed by atoms with van der Waals surface area (Å²) in [6.45, 7) is 3.47. The van der Waals surface area contributed by atoms with Crippen LogP contribution in [0.3, 0.4) is 0 Å². The van der Waals surface area contributed by atoms with Gasteiger partial charge in [-0.15, -0.1) is 0 Å². The van der Waals surface area contributed by atoms with Gasteiger partial charge in [-0.25, -0.2) is 0 Å². The second kappa shape index (κ2) is 5.96. The first-order valence-corrected chi connectivity index (χ1v) is 8.54. The van der Waals surface area contributed by atoms with Crippen molar-refractivity contribution in [2.75, 3.05) is 18.1 Å². The SMILES string of the molecule is Cc1ccc(CN)cc1OC1CCOC2(CCSC2)C1. The molecule has 2 heterocycles. The molecule has 0 aromatic heterocycles. The quantitative estimate of drug-likeness (QED) is 0.930. The van der Waals surface area contributed by atoms with Crippen LogP contribution in [0.1, 0.15) is 30.4 Å². The van der Waals surface area contributed by atoms with E-state index in [-0.39, 0.29) is 11.7 Å². The number of hydrogen-bond acceptors (Lipinski definition) is 4. The van der Waals surface area contributed by atoms with Crippen LogP contribution in [0.15, 0.2) is 18.2 Å². The number of hydrogen-bond donors (Lipinski definition) is 1. The minimum atomic E-state index is 0.0764. The van der Waals surface area contributed by atoms with Gasteiger partial charge in [-0.2, -0.15) is 11.8 Å². The Hall–Kier alpha value is -0.710. The van der Waals surface area contributed by atoms with Gasteiger partial charge in [0.05, 0.1) is 12.2 Å². The summed E-state index contributed by atoms with van der Waals surface area (Å²) in [6, 6.07) is 6.25. The number of thioether (sulfide) groups is 1. The highest BCUT2D eigenvalue weighted by Gasteiger charge is 2.41. The third-order valence-electron chi connectivity index (χ3n) is 4.30. The highest BCUT2D eigenvalue weighted by atomic mass is 32.2. The number of aryl methyl sites for hydroxylation is 1. The minimum absolute atomic E-state index is 0.0764. The van der Waals surface area contributed by atoms with Gasteiger partial charge in [0.15, 0.2) is 0 Å². The molecule has 1 spiro atoms. The third-order valence-corrected chi connectivity index (χ3v) is 5.52. The largest absolute Gasteiger partial charge is 0.490 e. The summed E-state index contributed by atoms with van der Waals surface area (Å²) >= 11 is 2.00. The third kappa shape index (κ3) is 2.97. The molecule has 0 saturated carbocycles. The van der Waals surface area contributed by atoms with Gasteiger partial charge in [0, 0.05) is 25.1 Å². The Labute approximate surface area is 125 Å². The van der Waals surface area contributed by atoms with Crippen molar-refractivity contribution in [3.05, 3.63) is 29.3 Å². The Bertz CT molecular complexity index is 472. The predicted molar refractivity (Wildman–Crippen MR) is 83.3 cm³/mol. The van der Waals surface area contributed by atoms with E-state index in [1.807, 2.05) is 11.8 Å². The van der Waals surface area contributed by atoms with Gasteiger partial charge >= 0.3 is 0 Å². The standard InChI is InChI=1S/C16H23NO2S/c1-12-2-3-13(10-17)8-15(12)19-14-4-6-18-16(9-14)5-7-20-11-16/h2-3,8,14H,4-7,9-11,17H2,1H3. The molecule has 2 saturated heterocycles. The van der Waals surface area contributed by atoms with Gasteiger partial charge in [-0.1, -0.05) is 12.1 Å². The van der Waals surface area contributed by atoms with E-state index in [1.54, 1.807) is 0 Å². The van der Waals surface area contributed by atoms with Crippen LogP contribution < -0.4 is 10.5 Å². The maximum absolute atomic E-state index is 6.27. The summed E-state index contributed by atoms with van der Waals surface area (Å²) < 4.78 is 12.3. The van der Waals surface area contributed by atoms with E-state index in [9.17, 15) is 0 Å². The van der Waals surface area contributed by atoms with Crippen LogP contribution in [0, 0.1) is 6.92 Å². The minimum Gasteiger partial charge on any atom is -0.490 e. The first kappa shape index (κ1) is 14.2. The zero-order chi connectivity index (χ0) is 14.0. The van der Waals surface area contributed by atoms with E-state index in [0.717, 1.165) is 36.5 Å². The van der Waals surface area contributed by atoms with Crippen molar-refractivity contribution in [2.45, 2.75) is 44.4 Å². The normalized spacial score (nSPS) is 29.8. The lowest BCUT2D eigenvalue weighted by Crippen LogP contribution is -2.43. The molecule has 3 nitrogen and oxygen atoms in total. The van der Waals surface area contributed by atoms with Gasteiger partial charge in [0.2, 0.25) is 0 Å². The molecule has 1 aromatic carbocycles. The molecule has 0 amide bonds. The monoisotopic (exact) mass is 293 g/mol. The van der Waals surface area contributed by atoms with Crippen LogP contribution in [0.2, 0.25) is 0 Å². The molecule has 20 heavy (non-hydrogen) atoms. The molecule has 0 radical (unpaired) electrons. The second-order valence-corrected chi connectivity index (χ2v) is 6.98. The number of benzene rings is 1. The van der Waals surface area contributed by atoms with E-state index in [2.05, 4.69) is 25.1 Å². The summed E-state index contributed by atoms with van der Waals surface area (Å²) in [5, 5.41) is 0. The molecule has 0 aliphatic carbocycles. The molecule has 2 atom stereocenters. The van der Waals surface area contributed by atoms with E-state index in [0.29, 0.717) is 6.54 Å². The number of ether oxygens (including phenoxy) is 2. The molecular weight excluding hydrogens is 270 g/mol. The predicted octanol–water partition coefficient (Wildman–Crippen LogP) is 2.89. The van der Waals surface area contributed by atoms with Crippen LogP contribution in [-0.4, -0.2) is 29.8 Å². The molecule has 4 heteroatoms. The zero-order valence-electron chi connectivity index (χ0n) is 12.1. The van der Waals surface area contributed by atoms with Crippen molar-refractivity contribution in [3.8, 4) is 5.75 Å². The van der Waals surface area contributed by atoms with E-state index in [4.69, 9.17) is 15.2 Å². The Balaban J connectivity index is 1.71. The Morgan fingerprint density at radius 3 is 3.15 bits per heavy atom. The fourth-order valence-corrected chi connectivity index (χ4v) is 4.40. The summed E-state index contributed by atoms with van der Waals surface area (Å²) in [4.78, 5) is 0. The smallest absolute Gasteiger partial charge is 0.122 e. The molecule has 2 aliphatic heterocycles. The lowest BCUT2D eigenvalue weighted by atomic mass is 9.91. The zero-order valence-corrected chi connectivity index (χ0v) is 12.9. The van der Waals surface area contributed by atoms with Crippen molar-refractivity contribution < 1.29 is 9.47 Å². The van der Waals surface area contributed by atoms with Crippen LogP contribution in [0.4, 0.5) is 0 Å². The van der Waals surface area contributed by atoms with Crippen LogP contribution in [0.5, 0.6) is 5.75 Å². The van der Waals surface area contributed by atoms with Gasteiger partial charge in [-0.05, 0) is 36.3 Å². The van der Waals surface area contributed by atoms with Gasteiger partial charge in [0.25, 0.3) is 0 Å². The molecule has 2 unspecified atom stereocenters. The number of rotatable bonds is 3. The number of nitrogens with two attached hydrogens (primary N) is 1. The molecule has 2 fully saturated rings. The molecule has 2 N–H and O–H groups in total. The first-order valence-electron chi connectivity index (χ1n) is 7.39. The maximum atomic E-state index is 6.27. The fraction of sp³-hybridized carbons (Fsp3) is 0.625.